The molecule has 5 nitrogen and oxygen atoms in total. The van der Waals surface area contributed by atoms with Crippen LogP contribution in [0.25, 0.3) is 0 Å². The number of likely N-dealkylation sites (N-methyl/N-ethyl adjacent to an activating group) is 1. The van der Waals surface area contributed by atoms with E-state index in [4.69, 9.17) is 5.73 Å². The van der Waals surface area contributed by atoms with Crippen molar-refractivity contribution in [3.63, 3.8) is 0 Å². The fourth-order valence-corrected chi connectivity index (χ4v) is 1.23. The van der Waals surface area contributed by atoms with Crippen molar-refractivity contribution in [3.05, 3.63) is 0 Å². The summed E-state index contributed by atoms with van der Waals surface area (Å²) in [5.74, 6) is 0.251. The minimum atomic E-state index is -0.0989. The lowest BCUT2D eigenvalue weighted by atomic mass is 10.2. The van der Waals surface area contributed by atoms with Crippen molar-refractivity contribution < 1.29 is 4.79 Å². The largest absolute Gasteiger partial charge is 0.370 e. The highest BCUT2D eigenvalue weighted by atomic mass is 16.1. The highest BCUT2D eigenvalue weighted by Gasteiger charge is 1.97. The van der Waals surface area contributed by atoms with Gasteiger partial charge in [-0.25, -0.2) is 4.99 Å². The quantitative estimate of drug-likeness (QED) is 0.323. The van der Waals surface area contributed by atoms with Gasteiger partial charge in [-0.3, -0.25) is 4.79 Å². The van der Waals surface area contributed by atoms with Crippen molar-refractivity contribution in [2.24, 2.45) is 10.7 Å². The number of nitrogens with one attached hydrogen (secondary N) is 2. The second-order valence-corrected chi connectivity index (χ2v) is 3.64. The van der Waals surface area contributed by atoms with Crippen LogP contribution in [-0.2, 0) is 4.79 Å². The van der Waals surface area contributed by atoms with Gasteiger partial charge < -0.3 is 16.4 Å². The molecule has 16 heavy (non-hydrogen) atoms. The number of unbranched alkanes of at least 4 members (excludes halogenated alkanes) is 3. The number of hydrogen-bond donors (Lipinski definition) is 3. The van der Waals surface area contributed by atoms with E-state index in [2.05, 4.69) is 22.5 Å². The van der Waals surface area contributed by atoms with Crippen molar-refractivity contribution in [2.75, 3.05) is 19.6 Å². The molecule has 0 fully saturated rings. The zero-order valence-corrected chi connectivity index (χ0v) is 10.4. The van der Waals surface area contributed by atoms with E-state index >= 15 is 0 Å². The number of nitrogens with zero attached hydrogens (tertiary/aromatic N) is 1. The zero-order chi connectivity index (χ0) is 12.2. The molecule has 1 amide bonds. The van der Waals surface area contributed by atoms with Crippen LogP contribution >= 0.6 is 0 Å². The average Bonchev–Trinajstić information content (AvgIpc) is 2.26. The Hall–Kier alpha value is -1.26. The summed E-state index contributed by atoms with van der Waals surface area (Å²) in [7, 11) is 0. The van der Waals surface area contributed by atoms with Gasteiger partial charge in [0.15, 0.2) is 5.96 Å². The standard InChI is InChI=1S/C11H24N4O/c1-3-5-6-7-8-14-11(12)15-9-10(16)13-4-2/h3-9H2,1-2H3,(H,13,16)(H3,12,14,15). The second kappa shape index (κ2) is 10.3. The Morgan fingerprint density at radius 2 is 1.94 bits per heavy atom. The molecule has 0 aromatic heterocycles. The Balaban J connectivity index is 3.51. The molecule has 5 heteroatoms. The van der Waals surface area contributed by atoms with Gasteiger partial charge in [-0.2, -0.15) is 0 Å². The molecular formula is C11H24N4O. The van der Waals surface area contributed by atoms with Crippen LogP contribution < -0.4 is 16.4 Å². The predicted molar refractivity (Wildman–Crippen MR) is 67.3 cm³/mol. The Morgan fingerprint density at radius 3 is 2.56 bits per heavy atom. The highest BCUT2D eigenvalue weighted by molar-refractivity contribution is 5.83. The van der Waals surface area contributed by atoms with Crippen LogP contribution in [0.5, 0.6) is 0 Å². The van der Waals surface area contributed by atoms with E-state index in [1.807, 2.05) is 6.92 Å². The van der Waals surface area contributed by atoms with Crippen molar-refractivity contribution in [1.82, 2.24) is 10.6 Å². The minimum absolute atomic E-state index is 0.0988. The molecule has 0 aliphatic heterocycles. The molecule has 0 saturated heterocycles. The Kier molecular flexibility index (Phi) is 9.46. The summed E-state index contributed by atoms with van der Waals surface area (Å²) in [6, 6.07) is 0. The third-order valence-corrected chi connectivity index (χ3v) is 2.10. The van der Waals surface area contributed by atoms with Gasteiger partial charge in [0, 0.05) is 13.1 Å². The van der Waals surface area contributed by atoms with E-state index in [9.17, 15) is 4.79 Å². The molecule has 0 atom stereocenters. The van der Waals surface area contributed by atoms with E-state index in [0.717, 1.165) is 13.0 Å². The number of aliphatic imine (C=N–C) groups is 1. The zero-order valence-electron chi connectivity index (χ0n) is 10.4. The molecule has 0 rings (SSSR count). The number of amides is 1. The number of guanidine groups is 1. The molecule has 0 heterocycles. The van der Waals surface area contributed by atoms with Gasteiger partial charge >= 0.3 is 0 Å². The molecule has 94 valence electrons. The van der Waals surface area contributed by atoms with Crippen LogP contribution in [0.2, 0.25) is 0 Å². The lowest BCUT2D eigenvalue weighted by molar-refractivity contribution is -0.119. The van der Waals surface area contributed by atoms with Crippen LogP contribution in [0.4, 0.5) is 0 Å². The number of rotatable bonds is 8. The average molecular weight is 228 g/mol. The summed E-state index contributed by atoms with van der Waals surface area (Å²) < 4.78 is 0. The molecule has 0 aromatic rings. The molecule has 0 aliphatic rings. The highest BCUT2D eigenvalue weighted by Crippen LogP contribution is 1.96. The summed E-state index contributed by atoms with van der Waals surface area (Å²) in [5, 5.41) is 5.64. The first kappa shape index (κ1) is 14.7. The van der Waals surface area contributed by atoms with Crippen LogP contribution in [0.1, 0.15) is 39.5 Å². The third kappa shape index (κ3) is 9.30. The van der Waals surface area contributed by atoms with Gasteiger partial charge in [0.25, 0.3) is 0 Å². The number of carbonyl (C=O) groups is 1. The maximum atomic E-state index is 11.1. The maximum Gasteiger partial charge on any atom is 0.241 e. The summed E-state index contributed by atoms with van der Waals surface area (Å²) in [4.78, 5) is 15.0. The number of carbonyl (C=O) groups excluding carboxylic acids is 1. The molecule has 0 unspecified atom stereocenters. The summed E-state index contributed by atoms with van der Waals surface area (Å²) in [6.45, 7) is 5.59. The molecule has 0 aromatic carbocycles. The van der Waals surface area contributed by atoms with Crippen molar-refractivity contribution in [1.29, 1.82) is 0 Å². The Labute approximate surface area is 97.9 Å². The fourth-order valence-electron chi connectivity index (χ4n) is 1.23. The normalized spacial score (nSPS) is 11.2. The van der Waals surface area contributed by atoms with E-state index < -0.39 is 0 Å². The van der Waals surface area contributed by atoms with Crippen molar-refractivity contribution in [3.8, 4) is 0 Å². The topological polar surface area (TPSA) is 79.5 Å². The van der Waals surface area contributed by atoms with Crippen molar-refractivity contribution >= 4 is 11.9 Å². The third-order valence-electron chi connectivity index (χ3n) is 2.10. The van der Waals surface area contributed by atoms with Crippen LogP contribution in [0.3, 0.4) is 0 Å². The van der Waals surface area contributed by atoms with Gasteiger partial charge in [0.05, 0.1) is 0 Å². The second-order valence-electron chi connectivity index (χ2n) is 3.64. The summed E-state index contributed by atoms with van der Waals surface area (Å²) >= 11 is 0. The monoisotopic (exact) mass is 228 g/mol. The van der Waals surface area contributed by atoms with Crippen LogP contribution in [0.15, 0.2) is 4.99 Å². The minimum Gasteiger partial charge on any atom is -0.370 e. The maximum absolute atomic E-state index is 11.1. The summed E-state index contributed by atoms with van der Waals surface area (Å²) in [5.41, 5.74) is 5.59. The number of hydrogen-bond acceptors (Lipinski definition) is 2. The smallest absolute Gasteiger partial charge is 0.241 e. The lowest BCUT2D eigenvalue weighted by Gasteiger charge is -2.05. The fraction of sp³-hybridized carbons (Fsp3) is 0.818. The van der Waals surface area contributed by atoms with E-state index in [1.165, 1.54) is 19.3 Å². The molecule has 0 bridgehead atoms. The van der Waals surface area contributed by atoms with Gasteiger partial charge in [0.2, 0.25) is 5.91 Å². The predicted octanol–water partition coefficient (Wildman–Crippen LogP) is 0.607. The summed E-state index contributed by atoms with van der Waals surface area (Å²) in [6.07, 6.45) is 4.76. The first-order chi connectivity index (χ1) is 7.70. The van der Waals surface area contributed by atoms with Crippen LogP contribution in [0, 0.1) is 0 Å². The molecule has 0 spiro atoms. The SMILES string of the molecule is CCCCCCNC(N)=NCC(=O)NCC. The van der Waals surface area contributed by atoms with Gasteiger partial charge in [-0.15, -0.1) is 0 Å². The molecule has 0 radical (unpaired) electrons. The van der Waals surface area contributed by atoms with E-state index in [1.54, 1.807) is 0 Å². The van der Waals surface area contributed by atoms with Crippen molar-refractivity contribution in [2.45, 2.75) is 39.5 Å². The Morgan fingerprint density at radius 1 is 1.19 bits per heavy atom. The number of nitrogens with two attached hydrogens (primary N) is 1. The van der Waals surface area contributed by atoms with Crippen LogP contribution in [-0.4, -0.2) is 31.5 Å². The molecule has 0 saturated carbocycles. The molecule has 4 N–H and O–H groups in total. The van der Waals surface area contributed by atoms with Gasteiger partial charge in [-0.1, -0.05) is 26.2 Å². The first-order valence-electron chi connectivity index (χ1n) is 6.01. The first-order valence-corrected chi connectivity index (χ1v) is 6.01. The van der Waals surface area contributed by atoms with Gasteiger partial charge in [0.1, 0.15) is 6.54 Å². The van der Waals surface area contributed by atoms with E-state index in [0.29, 0.717) is 12.5 Å². The van der Waals surface area contributed by atoms with E-state index in [-0.39, 0.29) is 12.5 Å². The molecule has 0 aliphatic carbocycles. The van der Waals surface area contributed by atoms with Gasteiger partial charge in [-0.05, 0) is 13.3 Å². The lowest BCUT2D eigenvalue weighted by Crippen LogP contribution is -2.34. The molecular weight excluding hydrogens is 204 g/mol. The Bertz CT molecular complexity index is 216.